The molecule has 0 unspecified atom stereocenters. The monoisotopic (exact) mass is 411 g/mol. The zero-order valence-corrected chi connectivity index (χ0v) is 16.3. The Kier molecular flexibility index (Phi) is 5.39. The van der Waals surface area contributed by atoms with Gasteiger partial charge >= 0.3 is 5.97 Å². The van der Waals surface area contributed by atoms with Crippen LogP contribution in [0.2, 0.25) is 0 Å². The maximum Gasteiger partial charge on any atom is 0.312 e. The minimum atomic E-state index is -0.954. The zero-order chi connectivity index (χ0) is 20.2. The number of nitrogens with zero attached hydrogens (tertiary/aromatic N) is 2. The first-order valence-electron chi connectivity index (χ1n) is 8.83. The van der Waals surface area contributed by atoms with Crippen molar-refractivity contribution in [3.63, 3.8) is 0 Å². The Morgan fingerprint density at radius 1 is 1.28 bits per heavy atom. The molecule has 4 rings (SSSR count). The molecule has 148 valence electrons. The van der Waals surface area contributed by atoms with Crippen molar-refractivity contribution in [2.45, 2.75) is 19.4 Å². The molecule has 0 bridgehead atoms. The van der Waals surface area contributed by atoms with E-state index < -0.39 is 18.0 Å². The van der Waals surface area contributed by atoms with E-state index in [1.54, 1.807) is 36.0 Å². The quantitative estimate of drug-likeness (QED) is 0.622. The van der Waals surface area contributed by atoms with E-state index in [0.717, 1.165) is 10.6 Å². The number of hydrogen-bond donors (Lipinski definition) is 1. The molecule has 0 saturated heterocycles. The molecule has 1 aromatic carbocycles. The van der Waals surface area contributed by atoms with Gasteiger partial charge in [0.15, 0.2) is 17.6 Å². The Labute approximate surface area is 170 Å². The van der Waals surface area contributed by atoms with E-state index in [-0.39, 0.29) is 13.2 Å². The number of hydrogen-bond acceptors (Lipinski definition) is 8. The van der Waals surface area contributed by atoms with Crippen LogP contribution in [0.3, 0.4) is 0 Å². The average molecular weight is 411 g/mol. The fourth-order valence-electron chi connectivity index (χ4n) is 2.67. The van der Waals surface area contributed by atoms with Gasteiger partial charge in [0.25, 0.3) is 5.91 Å². The molecular formula is C20H17N3O5S. The number of nitrogens with one attached hydrogen (secondary N) is 1. The Hall–Kier alpha value is -3.46. The third-order valence-corrected chi connectivity index (χ3v) is 5.04. The van der Waals surface area contributed by atoms with Gasteiger partial charge in [-0.25, -0.2) is 4.98 Å². The molecule has 1 aliphatic rings. The summed E-state index contributed by atoms with van der Waals surface area (Å²) in [5.74, 6) is 0.213. The fourth-order valence-corrected chi connectivity index (χ4v) is 3.48. The standard InChI is InChI=1S/C20H17N3O5S/c1-12(19(25)22-14-4-5-16-17(7-14)27-11-26-16)28-18(24)8-15-10-29-20(23-15)13-3-2-6-21-9-13/h2-7,9-10,12H,8,11H2,1H3,(H,22,25)/t12-/m1/s1. The van der Waals surface area contributed by atoms with Gasteiger partial charge in [-0.1, -0.05) is 0 Å². The van der Waals surface area contributed by atoms with Crippen molar-refractivity contribution in [1.82, 2.24) is 9.97 Å². The number of amides is 1. The number of anilines is 1. The normalized spacial score (nSPS) is 13.0. The number of aromatic nitrogens is 2. The van der Waals surface area contributed by atoms with Crippen LogP contribution in [0.15, 0.2) is 48.1 Å². The van der Waals surface area contributed by atoms with Crippen LogP contribution in [0.25, 0.3) is 10.6 Å². The highest BCUT2D eigenvalue weighted by Crippen LogP contribution is 2.34. The molecule has 9 heteroatoms. The summed E-state index contributed by atoms with van der Waals surface area (Å²) in [5.41, 5.74) is 2.00. The predicted octanol–water partition coefficient (Wildman–Crippen LogP) is 3.05. The van der Waals surface area contributed by atoms with Crippen molar-refractivity contribution in [3.8, 4) is 22.1 Å². The summed E-state index contributed by atoms with van der Waals surface area (Å²) in [6.45, 7) is 1.67. The molecule has 2 aromatic heterocycles. The van der Waals surface area contributed by atoms with E-state index in [1.165, 1.54) is 18.3 Å². The highest BCUT2D eigenvalue weighted by atomic mass is 32.1. The Bertz CT molecular complexity index is 1040. The van der Waals surface area contributed by atoms with Crippen molar-refractivity contribution >= 4 is 28.9 Å². The summed E-state index contributed by atoms with van der Waals surface area (Å²) in [6, 6.07) is 8.78. The molecule has 1 aliphatic heterocycles. The average Bonchev–Trinajstić information content (AvgIpc) is 3.37. The Morgan fingerprint density at radius 3 is 2.97 bits per heavy atom. The largest absolute Gasteiger partial charge is 0.454 e. The smallest absolute Gasteiger partial charge is 0.312 e. The highest BCUT2D eigenvalue weighted by molar-refractivity contribution is 7.13. The minimum Gasteiger partial charge on any atom is -0.454 e. The maximum absolute atomic E-state index is 12.3. The number of ether oxygens (including phenoxy) is 3. The predicted molar refractivity (Wildman–Crippen MR) is 106 cm³/mol. The molecule has 0 aliphatic carbocycles. The van der Waals surface area contributed by atoms with E-state index >= 15 is 0 Å². The van der Waals surface area contributed by atoms with E-state index in [0.29, 0.717) is 22.9 Å². The van der Waals surface area contributed by atoms with E-state index in [1.807, 2.05) is 12.1 Å². The molecule has 3 aromatic rings. The van der Waals surface area contributed by atoms with Gasteiger partial charge in [-0.3, -0.25) is 14.6 Å². The summed E-state index contributed by atoms with van der Waals surface area (Å²) >= 11 is 1.42. The first-order chi connectivity index (χ1) is 14.1. The summed E-state index contributed by atoms with van der Waals surface area (Å²) in [6.07, 6.45) is 2.43. The number of pyridine rings is 1. The van der Waals surface area contributed by atoms with Crippen LogP contribution in [-0.2, 0) is 20.7 Å². The van der Waals surface area contributed by atoms with Crippen LogP contribution < -0.4 is 14.8 Å². The van der Waals surface area contributed by atoms with Gasteiger partial charge in [0, 0.05) is 35.1 Å². The minimum absolute atomic E-state index is 0.0155. The highest BCUT2D eigenvalue weighted by Gasteiger charge is 2.20. The molecule has 8 nitrogen and oxygen atoms in total. The van der Waals surface area contributed by atoms with Crippen molar-refractivity contribution in [2.75, 3.05) is 12.1 Å². The van der Waals surface area contributed by atoms with Gasteiger partial charge in [-0.2, -0.15) is 0 Å². The number of fused-ring (bicyclic) bond motifs is 1. The van der Waals surface area contributed by atoms with Gasteiger partial charge in [0.2, 0.25) is 6.79 Å². The van der Waals surface area contributed by atoms with Crippen LogP contribution >= 0.6 is 11.3 Å². The van der Waals surface area contributed by atoms with E-state index in [2.05, 4.69) is 15.3 Å². The summed E-state index contributed by atoms with van der Waals surface area (Å²) < 4.78 is 15.8. The van der Waals surface area contributed by atoms with E-state index in [9.17, 15) is 9.59 Å². The molecule has 0 fully saturated rings. The molecule has 0 spiro atoms. The number of benzene rings is 1. The lowest BCUT2D eigenvalue weighted by molar-refractivity contribution is -0.152. The number of carbonyl (C=O) groups excluding carboxylic acids is 2. The lowest BCUT2D eigenvalue weighted by Gasteiger charge is -2.13. The Morgan fingerprint density at radius 2 is 2.14 bits per heavy atom. The van der Waals surface area contributed by atoms with E-state index in [4.69, 9.17) is 14.2 Å². The van der Waals surface area contributed by atoms with Crippen LogP contribution in [0.1, 0.15) is 12.6 Å². The van der Waals surface area contributed by atoms with Crippen LogP contribution in [0, 0.1) is 0 Å². The van der Waals surface area contributed by atoms with Crippen LogP contribution in [-0.4, -0.2) is 34.7 Å². The van der Waals surface area contributed by atoms with Gasteiger partial charge < -0.3 is 19.5 Å². The first kappa shape index (κ1) is 18.9. The fraction of sp³-hybridized carbons (Fsp3) is 0.200. The maximum atomic E-state index is 12.3. The second-order valence-electron chi connectivity index (χ2n) is 6.25. The molecular weight excluding hydrogens is 394 g/mol. The van der Waals surface area contributed by atoms with Crippen molar-refractivity contribution in [2.24, 2.45) is 0 Å². The Balaban J connectivity index is 1.31. The second-order valence-corrected chi connectivity index (χ2v) is 7.11. The van der Waals surface area contributed by atoms with Gasteiger partial charge in [0.1, 0.15) is 5.01 Å². The molecule has 29 heavy (non-hydrogen) atoms. The van der Waals surface area contributed by atoms with Gasteiger partial charge in [0.05, 0.1) is 12.1 Å². The van der Waals surface area contributed by atoms with Gasteiger partial charge in [-0.05, 0) is 31.2 Å². The number of rotatable bonds is 6. The molecule has 1 atom stereocenters. The first-order valence-corrected chi connectivity index (χ1v) is 9.71. The lowest BCUT2D eigenvalue weighted by atomic mass is 10.2. The van der Waals surface area contributed by atoms with Crippen LogP contribution in [0.4, 0.5) is 5.69 Å². The van der Waals surface area contributed by atoms with Crippen molar-refractivity contribution < 1.29 is 23.8 Å². The molecule has 0 radical (unpaired) electrons. The SMILES string of the molecule is C[C@@H](OC(=O)Cc1csc(-c2cccnc2)n1)C(=O)Nc1ccc2c(c1)OCO2. The second kappa shape index (κ2) is 8.27. The topological polar surface area (TPSA) is 99.6 Å². The number of carbonyl (C=O) groups is 2. The summed E-state index contributed by atoms with van der Waals surface area (Å²) in [4.78, 5) is 33.0. The third kappa shape index (κ3) is 4.52. The number of thiazole rings is 1. The third-order valence-electron chi connectivity index (χ3n) is 4.10. The van der Waals surface area contributed by atoms with Gasteiger partial charge in [-0.15, -0.1) is 11.3 Å². The van der Waals surface area contributed by atoms with Crippen molar-refractivity contribution in [3.05, 3.63) is 53.8 Å². The van der Waals surface area contributed by atoms with Crippen LogP contribution in [0.5, 0.6) is 11.5 Å². The molecule has 1 N–H and O–H groups in total. The summed E-state index contributed by atoms with van der Waals surface area (Å²) in [7, 11) is 0. The lowest BCUT2D eigenvalue weighted by Crippen LogP contribution is -2.30. The summed E-state index contributed by atoms with van der Waals surface area (Å²) in [5, 5.41) is 5.26. The molecule has 0 saturated carbocycles. The molecule has 3 heterocycles. The zero-order valence-electron chi connectivity index (χ0n) is 15.5. The number of esters is 1. The molecule has 1 amide bonds. The van der Waals surface area contributed by atoms with Crippen molar-refractivity contribution in [1.29, 1.82) is 0 Å².